The first kappa shape index (κ1) is 34.3. The zero-order valence-corrected chi connectivity index (χ0v) is 27.5. The van der Waals surface area contributed by atoms with Gasteiger partial charge in [0.2, 0.25) is 0 Å². The molecule has 6 N–H and O–H groups in total. The fourth-order valence-corrected chi connectivity index (χ4v) is 5.98. The number of amides is 1. The monoisotopic (exact) mass is 701 g/mol. The highest BCUT2D eigenvalue weighted by molar-refractivity contribution is 7.14. The molecule has 47 heavy (non-hydrogen) atoms. The number of benzene rings is 2. The normalized spacial score (nSPS) is 16.6. The van der Waals surface area contributed by atoms with Crippen molar-refractivity contribution < 1.29 is 18.0 Å². The summed E-state index contributed by atoms with van der Waals surface area (Å²) in [5.74, 6) is 5.61. The van der Waals surface area contributed by atoms with E-state index in [0.717, 1.165) is 44.2 Å². The molecular weight excluding hydrogens is 670 g/mol. The summed E-state index contributed by atoms with van der Waals surface area (Å²) in [6, 6.07) is 13.3. The van der Waals surface area contributed by atoms with E-state index in [2.05, 4.69) is 27.6 Å². The van der Waals surface area contributed by atoms with E-state index in [9.17, 15) is 18.0 Å². The van der Waals surface area contributed by atoms with Gasteiger partial charge in [-0.05, 0) is 80.3 Å². The lowest BCUT2D eigenvalue weighted by Crippen LogP contribution is -2.47. The average Bonchev–Trinajstić information content (AvgIpc) is 3.73. The number of alkyl halides is 3. The van der Waals surface area contributed by atoms with Crippen molar-refractivity contribution >= 4 is 57.8 Å². The lowest BCUT2D eigenvalue weighted by molar-refractivity contribution is -0.137. The van der Waals surface area contributed by atoms with Gasteiger partial charge in [-0.25, -0.2) is 15.0 Å². The van der Waals surface area contributed by atoms with Gasteiger partial charge in [0.15, 0.2) is 5.96 Å². The van der Waals surface area contributed by atoms with Gasteiger partial charge in [-0.1, -0.05) is 41.5 Å². The number of nitrogens with one attached hydrogen (secondary N) is 2. The van der Waals surface area contributed by atoms with Crippen LogP contribution in [0.1, 0.15) is 53.0 Å². The molecule has 1 aliphatic heterocycles. The summed E-state index contributed by atoms with van der Waals surface area (Å²) in [7, 11) is 0. The zero-order chi connectivity index (χ0) is 33.6. The van der Waals surface area contributed by atoms with Gasteiger partial charge in [-0.3, -0.25) is 10.2 Å². The van der Waals surface area contributed by atoms with Gasteiger partial charge in [0, 0.05) is 35.3 Å². The third-order valence-electron chi connectivity index (χ3n) is 7.33. The van der Waals surface area contributed by atoms with Crippen LogP contribution in [-0.2, 0) is 11.0 Å². The van der Waals surface area contributed by atoms with E-state index in [0.29, 0.717) is 50.4 Å². The number of carbonyl (C=O) groups excluding carboxylic acids is 1. The third kappa shape index (κ3) is 9.74. The van der Waals surface area contributed by atoms with Crippen molar-refractivity contribution in [2.75, 3.05) is 19.6 Å². The molecule has 1 saturated heterocycles. The molecule has 1 amide bonds. The van der Waals surface area contributed by atoms with Gasteiger partial charge in [-0.2, -0.15) is 13.2 Å². The third-order valence-corrected chi connectivity index (χ3v) is 8.88. The van der Waals surface area contributed by atoms with Crippen molar-refractivity contribution in [1.82, 2.24) is 15.8 Å². The first-order valence-electron chi connectivity index (χ1n) is 14.9. The highest BCUT2D eigenvalue weighted by atomic mass is 35.5. The average molecular weight is 703 g/mol. The van der Waals surface area contributed by atoms with Gasteiger partial charge in [0.25, 0.3) is 5.91 Å². The minimum atomic E-state index is -4.43. The second-order valence-electron chi connectivity index (χ2n) is 11.0. The van der Waals surface area contributed by atoms with Crippen molar-refractivity contribution in [3.63, 3.8) is 0 Å². The molecule has 0 atom stereocenters. The first-order chi connectivity index (χ1) is 22.5. The topological polar surface area (TPSA) is 121 Å². The Morgan fingerprint density at radius 1 is 1.00 bits per heavy atom. The number of carbonyl (C=O) groups is 1. The molecule has 0 unspecified atom stereocenters. The van der Waals surface area contributed by atoms with Gasteiger partial charge in [-0.15, -0.1) is 11.3 Å². The fourth-order valence-electron chi connectivity index (χ4n) is 4.65. The van der Waals surface area contributed by atoms with Crippen LogP contribution in [0.25, 0.3) is 0 Å². The minimum Gasteiger partial charge on any atom is -0.394 e. The van der Waals surface area contributed by atoms with E-state index in [1.807, 2.05) is 5.01 Å². The summed E-state index contributed by atoms with van der Waals surface area (Å²) >= 11 is 13.9. The summed E-state index contributed by atoms with van der Waals surface area (Å²) in [6.45, 7) is 1.34. The summed E-state index contributed by atoms with van der Waals surface area (Å²) in [6.07, 6.45) is 0.554. The maximum Gasteiger partial charge on any atom is 0.416 e. The predicted molar refractivity (Wildman–Crippen MR) is 182 cm³/mol. The number of halogens is 5. The summed E-state index contributed by atoms with van der Waals surface area (Å²) < 4.78 is 38.9. The predicted octanol–water partition coefficient (Wildman–Crippen LogP) is 6.39. The molecule has 2 fully saturated rings. The Morgan fingerprint density at radius 2 is 1.72 bits per heavy atom. The lowest BCUT2D eigenvalue weighted by atomic mass is 10.1. The van der Waals surface area contributed by atoms with Crippen LogP contribution in [0.15, 0.2) is 75.9 Å². The summed E-state index contributed by atoms with van der Waals surface area (Å²) in [5.41, 5.74) is 16.3. The minimum absolute atomic E-state index is 0.0701. The van der Waals surface area contributed by atoms with Crippen LogP contribution in [0.3, 0.4) is 0 Å². The number of piperidine rings is 1. The van der Waals surface area contributed by atoms with Crippen molar-refractivity contribution in [2.45, 2.75) is 44.3 Å². The summed E-state index contributed by atoms with van der Waals surface area (Å²) in [4.78, 5) is 24.1. The first-order valence-corrected chi connectivity index (χ1v) is 16.5. The SMILES string of the molecule is NC(=NC/C(C(=Nc1ccc(Cl)cc1Cl)c1ccc(C#Cc2ccc(C(F)(F)F)cc2)s1)=C(/N)C(=O)NN1CCCCC1)NC1CC1. The van der Waals surface area contributed by atoms with E-state index in [1.54, 1.807) is 30.3 Å². The van der Waals surface area contributed by atoms with Crippen LogP contribution in [0, 0.1) is 11.8 Å². The van der Waals surface area contributed by atoms with Gasteiger partial charge < -0.3 is 16.8 Å². The molecule has 14 heteroatoms. The largest absolute Gasteiger partial charge is 0.416 e. The number of nitrogens with zero attached hydrogens (tertiary/aromatic N) is 3. The Morgan fingerprint density at radius 3 is 2.38 bits per heavy atom. The number of thiophene rings is 1. The Hall–Kier alpha value is -4.02. The smallest absolute Gasteiger partial charge is 0.394 e. The molecule has 8 nitrogen and oxygen atoms in total. The molecular formula is C33H32Cl2F3N7OS. The number of rotatable bonds is 8. The molecule has 0 spiro atoms. The van der Waals surface area contributed by atoms with E-state index in [1.165, 1.54) is 23.5 Å². The van der Waals surface area contributed by atoms with Crippen LogP contribution in [0.2, 0.25) is 10.0 Å². The molecule has 2 aromatic carbocycles. The quantitative estimate of drug-likeness (QED) is 0.0939. The van der Waals surface area contributed by atoms with Crippen LogP contribution < -0.4 is 22.2 Å². The van der Waals surface area contributed by atoms with E-state index in [4.69, 9.17) is 39.7 Å². The van der Waals surface area contributed by atoms with Gasteiger partial charge in [0.05, 0.1) is 38.3 Å². The van der Waals surface area contributed by atoms with Gasteiger partial charge in [0.1, 0.15) is 5.70 Å². The number of hydrogen-bond donors (Lipinski definition) is 4. The highest BCUT2D eigenvalue weighted by Crippen LogP contribution is 2.32. The Balaban J connectivity index is 1.54. The van der Waals surface area contributed by atoms with Crippen molar-refractivity contribution in [1.29, 1.82) is 0 Å². The van der Waals surface area contributed by atoms with E-state index >= 15 is 0 Å². The number of hydrogen-bond acceptors (Lipinski definition) is 6. The lowest BCUT2D eigenvalue weighted by Gasteiger charge is -2.27. The van der Waals surface area contributed by atoms with Crippen LogP contribution in [0.4, 0.5) is 18.9 Å². The van der Waals surface area contributed by atoms with Crippen LogP contribution >= 0.6 is 34.5 Å². The molecule has 1 aromatic heterocycles. The van der Waals surface area contributed by atoms with Crippen molar-refractivity contribution in [3.8, 4) is 11.8 Å². The van der Waals surface area contributed by atoms with Crippen LogP contribution in [0.5, 0.6) is 0 Å². The Labute approximate surface area is 284 Å². The fraction of sp³-hybridized carbons (Fsp3) is 0.303. The maximum atomic E-state index is 13.5. The molecule has 0 bridgehead atoms. The standard InChI is InChI=1S/C33H32Cl2F3N7OS/c34-22-9-14-27(26(35)18-22)43-30(28-15-13-24(47-28)12-6-20-4-7-21(8-5-20)33(36,37)38)25(19-41-32(40)42-23-10-11-23)29(39)31(46)44-45-16-2-1-3-17-45/h4-5,7-9,13-15,18,23H,1-3,10-11,16-17,19,39H2,(H,44,46)(H3,40,41,42)/b29-25-,43-30?. The molecule has 246 valence electrons. The maximum absolute atomic E-state index is 13.5. The Bertz CT molecular complexity index is 1760. The molecule has 3 aromatic rings. The second-order valence-corrected chi connectivity index (χ2v) is 13.0. The van der Waals surface area contributed by atoms with E-state index < -0.39 is 17.6 Å². The molecule has 0 radical (unpaired) electrons. The zero-order valence-electron chi connectivity index (χ0n) is 25.1. The van der Waals surface area contributed by atoms with E-state index in [-0.39, 0.29) is 29.3 Å². The number of guanidine groups is 1. The highest BCUT2D eigenvalue weighted by Gasteiger charge is 2.30. The molecule has 1 aliphatic carbocycles. The molecule has 5 rings (SSSR count). The van der Waals surface area contributed by atoms with Crippen molar-refractivity contribution in [3.05, 3.63) is 96.8 Å². The molecule has 1 saturated carbocycles. The number of nitrogens with two attached hydrogens (primary N) is 2. The molecule has 2 aliphatic rings. The van der Waals surface area contributed by atoms with Gasteiger partial charge >= 0.3 is 6.18 Å². The van der Waals surface area contributed by atoms with Crippen LogP contribution in [-0.4, -0.2) is 48.3 Å². The van der Waals surface area contributed by atoms with Crippen molar-refractivity contribution in [2.24, 2.45) is 21.5 Å². The Kier molecular flexibility index (Phi) is 11.1. The number of aliphatic imine (C=N–C) groups is 2. The summed E-state index contributed by atoms with van der Waals surface area (Å²) in [5, 5.41) is 5.68. The number of hydrazine groups is 1. The molecule has 2 heterocycles. The second kappa shape index (κ2) is 15.3.